The molecule has 11 heavy (non-hydrogen) atoms. The summed E-state index contributed by atoms with van der Waals surface area (Å²) in [6, 6.07) is 2.19. The van der Waals surface area contributed by atoms with Gasteiger partial charge in [0.1, 0.15) is 0 Å². The molecule has 0 aliphatic carbocycles. The van der Waals surface area contributed by atoms with Crippen molar-refractivity contribution in [3.8, 4) is 0 Å². The fourth-order valence-corrected chi connectivity index (χ4v) is 2.28. The third kappa shape index (κ3) is 1.18. The van der Waals surface area contributed by atoms with Crippen molar-refractivity contribution < 1.29 is 0 Å². The Labute approximate surface area is 68.7 Å². The SMILES string of the molecule is CC(C)(C)C1NCC2CC1N2. The zero-order chi connectivity index (χ0) is 8.06. The summed E-state index contributed by atoms with van der Waals surface area (Å²) in [5.41, 5.74) is 0.406. The van der Waals surface area contributed by atoms with Gasteiger partial charge in [0.2, 0.25) is 0 Å². The van der Waals surface area contributed by atoms with E-state index in [4.69, 9.17) is 0 Å². The highest BCUT2D eigenvalue weighted by atomic mass is 15.2. The topological polar surface area (TPSA) is 24.1 Å². The maximum Gasteiger partial charge on any atom is 0.0270 e. The average Bonchev–Trinajstić information content (AvgIpc) is 1.84. The van der Waals surface area contributed by atoms with E-state index in [1.807, 2.05) is 0 Å². The summed E-state index contributed by atoms with van der Waals surface area (Å²) < 4.78 is 0. The van der Waals surface area contributed by atoms with Crippen LogP contribution in [0.15, 0.2) is 0 Å². The summed E-state index contributed by atoms with van der Waals surface area (Å²) in [4.78, 5) is 0. The Morgan fingerprint density at radius 3 is 2.18 bits per heavy atom. The Bertz CT molecular complexity index is 151. The van der Waals surface area contributed by atoms with Crippen molar-refractivity contribution in [1.82, 2.24) is 10.6 Å². The molecule has 3 saturated heterocycles. The Hall–Kier alpha value is -0.0800. The predicted molar refractivity (Wildman–Crippen MR) is 46.6 cm³/mol. The molecule has 0 aromatic rings. The van der Waals surface area contributed by atoms with Gasteiger partial charge in [-0.15, -0.1) is 0 Å². The zero-order valence-corrected chi connectivity index (χ0v) is 7.65. The van der Waals surface area contributed by atoms with Crippen molar-refractivity contribution in [2.24, 2.45) is 5.41 Å². The molecule has 3 aliphatic rings. The third-order valence-electron chi connectivity index (χ3n) is 2.91. The van der Waals surface area contributed by atoms with E-state index in [0.29, 0.717) is 11.5 Å². The quantitative estimate of drug-likeness (QED) is 0.537. The maximum absolute atomic E-state index is 3.60. The molecular weight excluding hydrogens is 136 g/mol. The van der Waals surface area contributed by atoms with Gasteiger partial charge in [0, 0.05) is 24.7 Å². The molecule has 2 nitrogen and oxygen atoms in total. The first-order chi connectivity index (χ1) is 5.07. The molecule has 64 valence electrons. The van der Waals surface area contributed by atoms with Crippen molar-refractivity contribution in [3.05, 3.63) is 0 Å². The van der Waals surface area contributed by atoms with Gasteiger partial charge >= 0.3 is 0 Å². The molecule has 3 atom stereocenters. The van der Waals surface area contributed by atoms with Gasteiger partial charge in [-0.1, -0.05) is 20.8 Å². The Balaban J connectivity index is 2.03. The van der Waals surface area contributed by atoms with Gasteiger partial charge in [-0.3, -0.25) is 0 Å². The van der Waals surface area contributed by atoms with Gasteiger partial charge in [0.05, 0.1) is 0 Å². The Kier molecular flexibility index (Phi) is 1.52. The normalized spacial score (nSPS) is 43.4. The van der Waals surface area contributed by atoms with Crippen molar-refractivity contribution in [1.29, 1.82) is 0 Å². The standard InChI is InChI=1S/C9H18N2/c1-9(2,3)8-7-4-6(11-7)5-10-8/h6-8,10-11H,4-5H2,1-3H3. The Morgan fingerprint density at radius 2 is 1.91 bits per heavy atom. The Morgan fingerprint density at radius 1 is 1.27 bits per heavy atom. The van der Waals surface area contributed by atoms with Crippen LogP contribution in [0.4, 0.5) is 0 Å². The lowest BCUT2D eigenvalue weighted by Gasteiger charge is -2.53. The van der Waals surface area contributed by atoms with E-state index in [2.05, 4.69) is 31.4 Å². The summed E-state index contributed by atoms with van der Waals surface area (Å²) in [6.45, 7) is 8.10. The molecule has 3 rings (SSSR count). The minimum Gasteiger partial charge on any atom is -0.310 e. The van der Waals surface area contributed by atoms with E-state index in [1.165, 1.54) is 13.0 Å². The zero-order valence-electron chi connectivity index (χ0n) is 7.65. The molecule has 2 heteroatoms. The van der Waals surface area contributed by atoms with Crippen LogP contribution in [0, 0.1) is 5.41 Å². The van der Waals surface area contributed by atoms with Crippen LogP contribution in [0.5, 0.6) is 0 Å². The molecule has 3 fully saturated rings. The molecule has 0 spiro atoms. The van der Waals surface area contributed by atoms with Crippen molar-refractivity contribution in [2.75, 3.05) is 6.54 Å². The van der Waals surface area contributed by atoms with Crippen LogP contribution in [0.1, 0.15) is 27.2 Å². The number of rotatable bonds is 0. The van der Waals surface area contributed by atoms with Crippen LogP contribution >= 0.6 is 0 Å². The number of piperidine rings is 1. The molecule has 0 aromatic carbocycles. The van der Waals surface area contributed by atoms with Gasteiger partial charge in [-0.2, -0.15) is 0 Å². The number of fused-ring (bicyclic) bond motifs is 2. The summed E-state index contributed by atoms with van der Waals surface area (Å²) in [5.74, 6) is 0. The molecule has 0 radical (unpaired) electrons. The van der Waals surface area contributed by atoms with Crippen LogP contribution in [-0.4, -0.2) is 24.7 Å². The first kappa shape index (κ1) is 7.56. The molecule has 0 saturated carbocycles. The fraction of sp³-hybridized carbons (Fsp3) is 1.00. The van der Waals surface area contributed by atoms with Crippen molar-refractivity contribution in [3.63, 3.8) is 0 Å². The summed E-state index contributed by atoms with van der Waals surface area (Å²) >= 11 is 0. The van der Waals surface area contributed by atoms with E-state index in [-0.39, 0.29) is 0 Å². The first-order valence-corrected chi connectivity index (χ1v) is 4.57. The average molecular weight is 154 g/mol. The van der Waals surface area contributed by atoms with Crippen LogP contribution in [0.25, 0.3) is 0 Å². The van der Waals surface area contributed by atoms with E-state index in [9.17, 15) is 0 Å². The van der Waals surface area contributed by atoms with Gasteiger partial charge < -0.3 is 10.6 Å². The second kappa shape index (κ2) is 2.20. The van der Waals surface area contributed by atoms with Crippen molar-refractivity contribution >= 4 is 0 Å². The lowest BCUT2D eigenvalue weighted by molar-refractivity contribution is 0.0802. The van der Waals surface area contributed by atoms with E-state index >= 15 is 0 Å². The first-order valence-electron chi connectivity index (χ1n) is 4.57. The minimum atomic E-state index is 0.406. The second-order valence-electron chi connectivity index (χ2n) is 4.96. The monoisotopic (exact) mass is 154 g/mol. The predicted octanol–water partition coefficient (Wildman–Crippen LogP) is 0.735. The highest BCUT2D eigenvalue weighted by molar-refractivity contribution is 5.06. The molecule has 3 unspecified atom stereocenters. The number of hydrogen-bond acceptors (Lipinski definition) is 2. The van der Waals surface area contributed by atoms with Gasteiger partial charge in [0.15, 0.2) is 0 Å². The number of hydrogen-bond donors (Lipinski definition) is 2. The summed E-state index contributed by atoms with van der Waals surface area (Å²) in [7, 11) is 0. The van der Waals surface area contributed by atoms with Crippen LogP contribution < -0.4 is 10.6 Å². The highest BCUT2D eigenvalue weighted by Gasteiger charge is 2.43. The lowest BCUT2D eigenvalue weighted by atomic mass is 9.74. The molecule has 0 amide bonds. The lowest BCUT2D eigenvalue weighted by Crippen LogP contribution is -2.73. The fourth-order valence-electron chi connectivity index (χ4n) is 2.28. The summed E-state index contributed by atoms with van der Waals surface area (Å²) in [6.07, 6.45) is 1.38. The van der Waals surface area contributed by atoms with Crippen LogP contribution in [-0.2, 0) is 0 Å². The van der Waals surface area contributed by atoms with Crippen LogP contribution in [0.2, 0.25) is 0 Å². The molecule has 3 aliphatic heterocycles. The largest absolute Gasteiger partial charge is 0.310 e. The maximum atomic E-state index is 3.60. The molecule has 2 bridgehead atoms. The number of nitrogens with one attached hydrogen (secondary N) is 2. The number of piperazine rings is 1. The smallest absolute Gasteiger partial charge is 0.0270 e. The second-order valence-corrected chi connectivity index (χ2v) is 4.96. The highest BCUT2D eigenvalue weighted by Crippen LogP contribution is 2.31. The third-order valence-corrected chi connectivity index (χ3v) is 2.91. The minimum absolute atomic E-state index is 0.406. The van der Waals surface area contributed by atoms with Crippen molar-refractivity contribution in [2.45, 2.75) is 45.3 Å². The summed E-state index contributed by atoms with van der Waals surface area (Å²) in [5, 5.41) is 7.17. The van der Waals surface area contributed by atoms with Crippen LogP contribution in [0.3, 0.4) is 0 Å². The molecule has 2 N–H and O–H groups in total. The molecular formula is C9H18N2. The van der Waals surface area contributed by atoms with Gasteiger partial charge in [0.25, 0.3) is 0 Å². The molecule has 0 aromatic heterocycles. The van der Waals surface area contributed by atoms with E-state index in [1.54, 1.807) is 0 Å². The van der Waals surface area contributed by atoms with E-state index < -0.39 is 0 Å². The van der Waals surface area contributed by atoms with Gasteiger partial charge in [-0.05, 0) is 11.8 Å². The molecule has 3 heterocycles. The van der Waals surface area contributed by atoms with E-state index in [0.717, 1.165) is 12.1 Å². The van der Waals surface area contributed by atoms with Gasteiger partial charge in [-0.25, -0.2) is 0 Å².